The number of carbonyl (C=O) groups is 1. The number of nitrogens with zero attached hydrogens (tertiary/aromatic N) is 2. The summed E-state index contributed by atoms with van der Waals surface area (Å²) in [6.45, 7) is 2.69. The Labute approximate surface area is 165 Å². The quantitative estimate of drug-likeness (QED) is 0.449. The first kappa shape index (κ1) is 19.4. The lowest BCUT2D eigenvalue weighted by Crippen LogP contribution is -2.10. The average molecular weight is 376 g/mol. The minimum absolute atomic E-state index is 0.395. The summed E-state index contributed by atoms with van der Waals surface area (Å²) in [6.07, 6.45) is 1.98. The third kappa shape index (κ3) is 5.30. The minimum atomic E-state index is -0.395. The molecule has 0 aliphatic heterocycles. The molecule has 0 aliphatic rings. The van der Waals surface area contributed by atoms with Gasteiger partial charge in [0.2, 0.25) is 5.95 Å². The van der Waals surface area contributed by atoms with Crippen LogP contribution in [0.1, 0.15) is 28.0 Å². The first-order chi connectivity index (χ1) is 13.7. The van der Waals surface area contributed by atoms with Crippen molar-refractivity contribution in [2.75, 3.05) is 24.3 Å². The van der Waals surface area contributed by atoms with Crippen LogP contribution in [-0.2, 0) is 11.2 Å². The second-order valence-corrected chi connectivity index (χ2v) is 6.40. The van der Waals surface area contributed by atoms with Crippen molar-refractivity contribution in [3.63, 3.8) is 0 Å². The number of aromatic nitrogens is 2. The molecule has 0 saturated heterocycles. The molecular weight excluding hydrogens is 352 g/mol. The fourth-order valence-electron chi connectivity index (χ4n) is 2.87. The summed E-state index contributed by atoms with van der Waals surface area (Å²) in [4.78, 5) is 20.9. The van der Waals surface area contributed by atoms with Crippen molar-refractivity contribution in [3.05, 3.63) is 77.5 Å². The topological polar surface area (TPSA) is 76.1 Å². The van der Waals surface area contributed by atoms with Crippen molar-refractivity contribution < 1.29 is 9.53 Å². The second-order valence-electron chi connectivity index (χ2n) is 6.40. The van der Waals surface area contributed by atoms with E-state index in [1.54, 1.807) is 12.1 Å². The van der Waals surface area contributed by atoms with E-state index in [2.05, 4.69) is 44.9 Å². The standard InChI is InChI=1S/C22H24N4O2/c1-16-15-20(25-19-13-7-6-12-18(19)21(27)28-2)26-22(24-16)23-14-8-11-17-9-4-3-5-10-17/h3-7,9-10,12-13,15H,8,11,14H2,1-2H3,(H2,23,24,25,26). The zero-order chi connectivity index (χ0) is 19.8. The van der Waals surface area contributed by atoms with Gasteiger partial charge in [0.05, 0.1) is 18.4 Å². The lowest BCUT2D eigenvalue weighted by Gasteiger charge is -2.12. The van der Waals surface area contributed by atoms with Crippen LogP contribution in [0.2, 0.25) is 0 Å². The molecule has 2 N–H and O–H groups in total. The van der Waals surface area contributed by atoms with Gasteiger partial charge in [-0.15, -0.1) is 0 Å². The Balaban J connectivity index is 1.64. The molecule has 0 saturated carbocycles. The molecule has 144 valence electrons. The molecule has 0 atom stereocenters. The number of ether oxygens (including phenoxy) is 1. The van der Waals surface area contributed by atoms with Crippen LogP contribution in [0.5, 0.6) is 0 Å². The zero-order valence-corrected chi connectivity index (χ0v) is 16.1. The van der Waals surface area contributed by atoms with Crippen LogP contribution in [0.3, 0.4) is 0 Å². The maximum atomic E-state index is 11.9. The van der Waals surface area contributed by atoms with Crippen molar-refractivity contribution in [1.29, 1.82) is 0 Å². The molecule has 1 aromatic heterocycles. The Morgan fingerprint density at radius 3 is 2.57 bits per heavy atom. The van der Waals surface area contributed by atoms with E-state index in [-0.39, 0.29) is 0 Å². The minimum Gasteiger partial charge on any atom is -0.465 e. The highest BCUT2D eigenvalue weighted by atomic mass is 16.5. The van der Waals surface area contributed by atoms with Gasteiger partial charge < -0.3 is 15.4 Å². The highest BCUT2D eigenvalue weighted by Crippen LogP contribution is 2.21. The van der Waals surface area contributed by atoms with E-state index in [1.165, 1.54) is 12.7 Å². The summed E-state index contributed by atoms with van der Waals surface area (Å²) in [5.74, 6) is 0.786. The van der Waals surface area contributed by atoms with Gasteiger partial charge in [0.25, 0.3) is 0 Å². The number of para-hydroxylation sites is 1. The molecule has 0 bridgehead atoms. The number of rotatable bonds is 8. The van der Waals surface area contributed by atoms with Crippen molar-refractivity contribution in [2.45, 2.75) is 19.8 Å². The lowest BCUT2D eigenvalue weighted by atomic mass is 10.1. The van der Waals surface area contributed by atoms with Crippen LogP contribution >= 0.6 is 0 Å². The average Bonchev–Trinajstić information content (AvgIpc) is 2.71. The van der Waals surface area contributed by atoms with Gasteiger partial charge in [0.1, 0.15) is 5.82 Å². The summed E-state index contributed by atoms with van der Waals surface area (Å²) in [7, 11) is 1.37. The maximum Gasteiger partial charge on any atom is 0.339 e. The Morgan fingerprint density at radius 2 is 1.79 bits per heavy atom. The highest BCUT2D eigenvalue weighted by Gasteiger charge is 2.12. The van der Waals surface area contributed by atoms with E-state index in [1.807, 2.05) is 31.2 Å². The number of carbonyl (C=O) groups excluding carboxylic acids is 1. The van der Waals surface area contributed by atoms with Gasteiger partial charge in [-0.05, 0) is 37.5 Å². The molecule has 0 unspecified atom stereocenters. The van der Waals surface area contributed by atoms with Gasteiger partial charge >= 0.3 is 5.97 Å². The van der Waals surface area contributed by atoms with Crippen LogP contribution in [0, 0.1) is 6.92 Å². The number of hydrogen-bond donors (Lipinski definition) is 2. The first-order valence-corrected chi connectivity index (χ1v) is 9.23. The van der Waals surface area contributed by atoms with E-state index in [9.17, 15) is 4.79 Å². The molecule has 3 rings (SSSR count). The van der Waals surface area contributed by atoms with Gasteiger partial charge in [0.15, 0.2) is 0 Å². The summed E-state index contributed by atoms with van der Waals surface area (Å²) in [6, 6.07) is 19.4. The fourth-order valence-corrected chi connectivity index (χ4v) is 2.87. The number of benzene rings is 2. The molecule has 28 heavy (non-hydrogen) atoms. The molecule has 0 spiro atoms. The Morgan fingerprint density at radius 1 is 1.04 bits per heavy atom. The molecule has 2 aromatic carbocycles. The second kappa shape index (κ2) is 9.50. The molecule has 6 heteroatoms. The number of aryl methyl sites for hydroxylation is 2. The molecular formula is C22H24N4O2. The van der Waals surface area contributed by atoms with Gasteiger partial charge in [-0.2, -0.15) is 4.98 Å². The van der Waals surface area contributed by atoms with Gasteiger partial charge in [-0.3, -0.25) is 0 Å². The molecule has 0 fully saturated rings. The van der Waals surface area contributed by atoms with Crippen molar-refractivity contribution in [3.8, 4) is 0 Å². The predicted molar refractivity (Wildman–Crippen MR) is 111 cm³/mol. The largest absolute Gasteiger partial charge is 0.465 e. The predicted octanol–water partition coefficient (Wildman–Crippen LogP) is 4.36. The number of anilines is 3. The number of nitrogens with one attached hydrogen (secondary N) is 2. The third-order valence-corrected chi connectivity index (χ3v) is 4.22. The Kier molecular flexibility index (Phi) is 6.57. The van der Waals surface area contributed by atoms with E-state index < -0.39 is 5.97 Å². The summed E-state index contributed by atoms with van der Waals surface area (Å²) >= 11 is 0. The van der Waals surface area contributed by atoms with E-state index >= 15 is 0 Å². The van der Waals surface area contributed by atoms with Gasteiger partial charge in [-0.1, -0.05) is 42.5 Å². The van der Waals surface area contributed by atoms with Crippen LogP contribution in [0.15, 0.2) is 60.7 Å². The summed E-state index contributed by atoms with van der Waals surface area (Å²) < 4.78 is 4.84. The summed E-state index contributed by atoms with van der Waals surface area (Å²) in [5.41, 5.74) is 3.25. The number of esters is 1. The molecule has 1 heterocycles. The molecule has 0 amide bonds. The van der Waals surface area contributed by atoms with Crippen molar-refractivity contribution in [2.24, 2.45) is 0 Å². The monoisotopic (exact) mass is 376 g/mol. The van der Waals surface area contributed by atoms with Crippen LogP contribution in [0.25, 0.3) is 0 Å². The highest BCUT2D eigenvalue weighted by molar-refractivity contribution is 5.96. The van der Waals surface area contributed by atoms with Crippen LogP contribution < -0.4 is 10.6 Å². The molecule has 6 nitrogen and oxygen atoms in total. The molecule has 0 aliphatic carbocycles. The Hall–Kier alpha value is -3.41. The van der Waals surface area contributed by atoms with Crippen molar-refractivity contribution >= 4 is 23.4 Å². The van der Waals surface area contributed by atoms with Crippen molar-refractivity contribution in [1.82, 2.24) is 9.97 Å². The van der Waals surface area contributed by atoms with E-state index in [4.69, 9.17) is 4.74 Å². The molecule has 3 aromatic rings. The SMILES string of the molecule is COC(=O)c1ccccc1Nc1cc(C)nc(NCCCc2ccccc2)n1. The van der Waals surface area contributed by atoms with E-state index in [0.717, 1.165) is 25.1 Å². The van der Waals surface area contributed by atoms with Gasteiger partial charge in [-0.25, -0.2) is 9.78 Å². The van der Waals surface area contributed by atoms with Gasteiger partial charge in [0, 0.05) is 18.3 Å². The normalized spacial score (nSPS) is 10.4. The zero-order valence-electron chi connectivity index (χ0n) is 16.1. The van der Waals surface area contributed by atoms with Crippen LogP contribution in [-0.4, -0.2) is 29.6 Å². The maximum absolute atomic E-state index is 11.9. The number of methoxy groups -OCH3 is 1. The third-order valence-electron chi connectivity index (χ3n) is 4.22. The smallest absolute Gasteiger partial charge is 0.339 e. The fraction of sp³-hybridized carbons (Fsp3) is 0.227. The summed E-state index contributed by atoms with van der Waals surface area (Å²) in [5, 5.41) is 6.47. The number of hydrogen-bond acceptors (Lipinski definition) is 6. The Bertz CT molecular complexity index is 929. The van der Waals surface area contributed by atoms with E-state index in [0.29, 0.717) is 23.0 Å². The lowest BCUT2D eigenvalue weighted by molar-refractivity contribution is 0.0602. The molecule has 0 radical (unpaired) electrons. The van der Waals surface area contributed by atoms with Crippen LogP contribution in [0.4, 0.5) is 17.5 Å². The first-order valence-electron chi connectivity index (χ1n) is 9.23.